The van der Waals surface area contributed by atoms with Gasteiger partial charge in [0.2, 0.25) is 5.91 Å². The molecule has 2 aromatic rings. The minimum Gasteiger partial charge on any atom is -0.353 e. The number of benzene rings is 2. The summed E-state index contributed by atoms with van der Waals surface area (Å²) in [6.45, 7) is 0. The van der Waals surface area contributed by atoms with Gasteiger partial charge in [-0.25, -0.2) is 9.89 Å². The van der Waals surface area contributed by atoms with Crippen LogP contribution < -0.4 is 5.32 Å². The molecule has 1 aliphatic carbocycles. The van der Waals surface area contributed by atoms with Crippen LogP contribution in [0.3, 0.4) is 0 Å². The standard InChI is InChI=1S/C25H25ClN4O2S/c26-17-12-10-16(11-13-17)15-33-25-29-20-9-5-4-8-19(20)23-28-21(24(32)30(23)25)14-22(31)27-18-6-2-1-3-7-18/h4-5,8-13,18,21H,1-3,6-7,14-15H2,(H,27,31)/t21-/m1/s1. The lowest BCUT2D eigenvalue weighted by atomic mass is 9.95. The second-order valence-electron chi connectivity index (χ2n) is 8.58. The fourth-order valence-corrected chi connectivity index (χ4v) is 5.55. The molecule has 3 aliphatic rings. The van der Waals surface area contributed by atoms with Gasteiger partial charge in [0.15, 0.2) is 5.17 Å². The monoisotopic (exact) mass is 480 g/mol. The molecule has 6 nitrogen and oxygen atoms in total. The first kappa shape index (κ1) is 22.2. The van der Waals surface area contributed by atoms with Gasteiger partial charge >= 0.3 is 0 Å². The van der Waals surface area contributed by atoms with E-state index in [-0.39, 0.29) is 24.3 Å². The van der Waals surface area contributed by atoms with E-state index < -0.39 is 6.04 Å². The molecule has 33 heavy (non-hydrogen) atoms. The zero-order valence-corrected chi connectivity index (χ0v) is 19.7. The summed E-state index contributed by atoms with van der Waals surface area (Å²) in [5.41, 5.74) is 2.68. The van der Waals surface area contributed by atoms with Gasteiger partial charge in [-0.15, -0.1) is 0 Å². The van der Waals surface area contributed by atoms with Gasteiger partial charge in [-0.2, -0.15) is 0 Å². The number of nitrogens with zero attached hydrogens (tertiary/aromatic N) is 3. The second kappa shape index (κ2) is 9.69. The lowest BCUT2D eigenvalue weighted by molar-refractivity contribution is -0.129. The van der Waals surface area contributed by atoms with E-state index in [9.17, 15) is 9.59 Å². The molecule has 2 aromatic carbocycles. The Labute approximate surface area is 202 Å². The van der Waals surface area contributed by atoms with E-state index in [1.54, 1.807) is 4.90 Å². The molecule has 5 rings (SSSR count). The predicted molar refractivity (Wildman–Crippen MR) is 133 cm³/mol. The third kappa shape index (κ3) is 4.84. The first-order valence-electron chi connectivity index (χ1n) is 11.3. The SMILES string of the molecule is O=C(C[C@H]1N=C2c3ccccc3N=C(SCc3ccc(Cl)cc3)N2C1=O)NC1CCCCC1. The number of hydrogen-bond donors (Lipinski definition) is 1. The van der Waals surface area contributed by atoms with Crippen LogP contribution in [0.2, 0.25) is 5.02 Å². The molecule has 0 spiro atoms. The van der Waals surface area contributed by atoms with Crippen LogP contribution in [0.4, 0.5) is 5.69 Å². The van der Waals surface area contributed by atoms with Crippen molar-refractivity contribution in [2.45, 2.75) is 56.4 Å². The second-order valence-corrected chi connectivity index (χ2v) is 9.95. The number of nitrogens with one attached hydrogen (secondary N) is 1. The lowest BCUT2D eigenvalue weighted by Crippen LogP contribution is -2.43. The summed E-state index contributed by atoms with van der Waals surface area (Å²) in [4.78, 5) is 37.1. The average Bonchev–Trinajstić information content (AvgIpc) is 3.15. The van der Waals surface area contributed by atoms with E-state index in [0.717, 1.165) is 42.5 Å². The number of fused-ring (bicyclic) bond motifs is 3. The van der Waals surface area contributed by atoms with Crippen molar-refractivity contribution in [3.05, 3.63) is 64.7 Å². The number of para-hydroxylation sites is 1. The number of thioether (sulfide) groups is 1. The van der Waals surface area contributed by atoms with Gasteiger partial charge in [0, 0.05) is 22.4 Å². The van der Waals surface area contributed by atoms with Crippen LogP contribution >= 0.6 is 23.4 Å². The lowest BCUT2D eigenvalue weighted by Gasteiger charge is -2.25. The molecular weight excluding hydrogens is 456 g/mol. The quantitative estimate of drug-likeness (QED) is 0.649. The van der Waals surface area contributed by atoms with Crippen molar-refractivity contribution in [1.29, 1.82) is 0 Å². The number of hydrogen-bond acceptors (Lipinski definition) is 5. The molecule has 0 unspecified atom stereocenters. The fourth-order valence-electron chi connectivity index (χ4n) is 4.47. The maximum absolute atomic E-state index is 13.4. The highest BCUT2D eigenvalue weighted by Crippen LogP contribution is 2.35. The molecule has 2 amide bonds. The number of amides is 2. The van der Waals surface area contributed by atoms with Gasteiger partial charge in [0.1, 0.15) is 11.9 Å². The average molecular weight is 481 g/mol. The third-order valence-electron chi connectivity index (χ3n) is 6.18. The molecular formula is C25H25ClN4O2S. The van der Waals surface area contributed by atoms with Gasteiger partial charge in [-0.3, -0.25) is 14.6 Å². The van der Waals surface area contributed by atoms with Crippen molar-refractivity contribution in [3.8, 4) is 0 Å². The van der Waals surface area contributed by atoms with Crippen molar-refractivity contribution in [1.82, 2.24) is 10.2 Å². The Morgan fingerprint density at radius 2 is 1.85 bits per heavy atom. The number of carbonyl (C=O) groups is 2. The van der Waals surface area contributed by atoms with Crippen molar-refractivity contribution in [2.75, 3.05) is 0 Å². The summed E-state index contributed by atoms with van der Waals surface area (Å²) >= 11 is 7.48. The van der Waals surface area contributed by atoms with Gasteiger partial charge in [0.05, 0.1) is 12.1 Å². The molecule has 1 N–H and O–H groups in total. The molecule has 8 heteroatoms. The Kier molecular flexibility index (Phi) is 6.51. The number of rotatable bonds is 5. The number of carbonyl (C=O) groups excluding carboxylic acids is 2. The summed E-state index contributed by atoms with van der Waals surface area (Å²) in [7, 11) is 0. The number of aliphatic imine (C=N–C) groups is 2. The Bertz CT molecular complexity index is 1130. The van der Waals surface area contributed by atoms with E-state index in [1.165, 1.54) is 18.2 Å². The fraction of sp³-hybridized carbons (Fsp3) is 0.360. The maximum Gasteiger partial charge on any atom is 0.259 e. The van der Waals surface area contributed by atoms with Crippen molar-refractivity contribution in [3.63, 3.8) is 0 Å². The largest absolute Gasteiger partial charge is 0.353 e. The smallest absolute Gasteiger partial charge is 0.259 e. The van der Waals surface area contributed by atoms with E-state index >= 15 is 0 Å². The molecule has 0 saturated heterocycles. The van der Waals surface area contributed by atoms with E-state index in [4.69, 9.17) is 21.6 Å². The van der Waals surface area contributed by atoms with E-state index in [2.05, 4.69) is 5.32 Å². The highest BCUT2D eigenvalue weighted by Gasteiger charge is 2.42. The molecule has 1 saturated carbocycles. The zero-order chi connectivity index (χ0) is 22.8. The van der Waals surface area contributed by atoms with E-state index in [0.29, 0.717) is 21.8 Å². The third-order valence-corrected chi connectivity index (χ3v) is 7.44. The molecule has 2 aliphatic heterocycles. The van der Waals surface area contributed by atoms with Gasteiger partial charge in [-0.1, -0.05) is 66.9 Å². The van der Waals surface area contributed by atoms with Crippen LogP contribution in [0.25, 0.3) is 0 Å². The topological polar surface area (TPSA) is 74.1 Å². The van der Waals surface area contributed by atoms with Crippen LogP contribution in [0.5, 0.6) is 0 Å². The highest BCUT2D eigenvalue weighted by molar-refractivity contribution is 8.13. The Morgan fingerprint density at radius 3 is 2.64 bits per heavy atom. The number of amidine groups is 2. The molecule has 0 bridgehead atoms. The minimum absolute atomic E-state index is 0.0621. The molecule has 0 radical (unpaired) electrons. The predicted octanol–water partition coefficient (Wildman–Crippen LogP) is 5.07. The maximum atomic E-state index is 13.4. The van der Waals surface area contributed by atoms with Gasteiger partial charge in [0.25, 0.3) is 5.91 Å². The molecule has 2 heterocycles. The first-order chi connectivity index (χ1) is 16.1. The van der Waals surface area contributed by atoms with Gasteiger partial charge in [-0.05, 0) is 42.7 Å². The summed E-state index contributed by atoms with van der Waals surface area (Å²) in [6.07, 6.45) is 5.60. The summed E-state index contributed by atoms with van der Waals surface area (Å²) in [5.74, 6) is 0.924. The normalized spacial score (nSPS) is 20.1. The molecule has 170 valence electrons. The van der Waals surface area contributed by atoms with Crippen molar-refractivity contribution in [2.24, 2.45) is 9.98 Å². The summed E-state index contributed by atoms with van der Waals surface area (Å²) in [5, 5.41) is 4.38. The van der Waals surface area contributed by atoms with Crippen molar-refractivity contribution >= 4 is 51.9 Å². The summed E-state index contributed by atoms with van der Waals surface area (Å²) in [6, 6.07) is 14.8. The van der Waals surface area contributed by atoms with E-state index in [1.807, 2.05) is 48.5 Å². The van der Waals surface area contributed by atoms with Crippen LogP contribution in [0.15, 0.2) is 58.5 Å². The minimum atomic E-state index is -0.726. The zero-order valence-electron chi connectivity index (χ0n) is 18.2. The van der Waals surface area contributed by atoms with Crippen LogP contribution in [-0.2, 0) is 15.3 Å². The Morgan fingerprint density at radius 1 is 1.09 bits per heavy atom. The summed E-state index contributed by atoms with van der Waals surface area (Å²) < 4.78 is 0. The van der Waals surface area contributed by atoms with Crippen LogP contribution in [0, 0.1) is 0 Å². The molecule has 1 atom stereocenters. The van der Waals surface area contributed by atoms with Crippen LogP contribution in [-0.4, -0.2) is 39.8 Å². The Hall–Kier alpha value is -2.64. The van der Waals surface area contributed by atoms with Crippen molar-refractivity contribution < 1.29 is 9.59 Å². The molecule has 0 aromatic heterocycles. The number of halogens is 1. The first-order valence-corrected chi connectivity index (χ1v) is 12.7. The Balaban J connectivity index is 1.34. The van der Waals surface area contributed by atoms with Crippen LogP contribution in [0.1, 0.15) is 49.7 Å². The van der Waals surface area contributed by atoms with Gasteiger partial charge < -0.3 is 5.32 Å². The molecule has 1 fully saturated rings. The highest BCUT2D eigenvalue weighted by atomic mass is 35.5.